The van der Waals surface area contributed by atoms with Gasteiger partial charge in [0.15, 0.2) is 0 Å². The van der Waals surface area contributed by atoms with Gasteiger partial charge in [0.2, 0.25) is 15.9 Å². The van der Waals surface area contributed by atoms with Gasteiger partial charge in [0.25, 0.3) is 0 Å². The number of nitrogens with one attached hydrogen (secondary N) is 1. The highest BCUT2D eigenvalue weighted by molar-refractivity contribution is 7.88. The Morgan fingerprint density at radius 3 is 2.30 bits per heavy atom. The second-order valence-electron chi connectivity index (χ2n) is 5.86. The molecule has 23 heavy (non-hydrogen) atoms. The van der Waals surface area contributed by atoms with Gasteiger partial charge >= 0.3 is 0 Å². The number of likely N-dealkylation sites (N-methyl/N-ethyl adjacent to an activating group) is 1. The maximum Gasteiger partial charge on any atom is 0.221 e. The molecule has 6 nitrogen and oxygen atoms in total. The largest absolute Gasteiger partial charge is 0.355 e. The zero-order valence-corrected chi connectivity index (χ0v) is 15.1. The van der Waals surface area contributed by atoms with Crippen molar-refractivity contribution >= 4 is 15.9 Å². The average Bonchev–Trinajstić information content (AvgIpc) is 2.46. The van der Waals surface area contributed by atoms with Crippen molar-refractivity contribution in [2.24, 2.45) is 0 Å². The Kier molecular flexibility index (Phi) is 7.67. The van der Waals surface area contributed by atoms with Gasteiger partial charge in [0.1, 0.15) is 0 Å². The fraction of sp³-hybridized carbons (Fsp3) is 0.562. The van der Waals surface area contributed by atoms with Crippen LogP contribution in [0.3, 0.4) is 0 Å². The fourth-order valence-corrected chi connectivity index (χ4v) is 3.38. The van der Waals surface area contributed by atoms with Gasteiger partial charge in [-0.25, -0.2) is 8.42 Å². The number of nitrogens with zero attached hydrogens (tertiary/aromatic N) is 2. The first-order valence-corrected chi connectivity index (χ1v) is 9.50. The predicted octanol–water partition coefficient (Wildman–Crippen LogP) is 1.08. The van der Waals surface area contributed by atoms with Gasteiger partial charge in [-0.05, 0) is 26.6 Å². The van der Waals surface area contributed by atoms with Gasteiger partial charge < -0.3 is 10.2 Å². The van der Waals surface area contributed by atoms with E-state index in [-0.39, 0.29) is 24.9 Å². The minimum Gasteiger partial charge on any atom is -0.355 e. The highest BCUT2D eigenvalue weighted by Gasteiger charge is 2.24. The number of carbonyl (C=O) groups excluding carboxylic acids is 1. The van der Waals surface area contributed by atoms with Crippen molar-refractivity contribution in [3.05, 3.63) is 35.9 Å². The summed E-state index contributed by atoms with van der Waals surface area (Å²) in [6.07, 6.45) is 1.33. The first-order valence-electron chi connectivity index (χ1n) is 7.65. The summed E-state index contributed by atoms with van der Waals surface area (Å²) in [5, 5.41) is 2.80. The summed E-state index contributed by atoms with van der Waals surface area (Å²) in [4.78, 5) is 13.8. The van der Waals surface area contributed by atoms with E-state index >= 15 is 0 Å². The number of sulfonamides is 1. The maximum absolute atomic E-state index is 12.0. The highest BCUT2D eigenvalue weighted by Crippen LogP contribution is 2.22. The molecule has 0 radical (unpaired) electrons. The Bertz CT molecular complexity index is 588. The van der Waals surface area contributed by atoms with Crippen LogP contribution in [-0.4, -0.2) is 63.5 Å². The lowest BCUT2D eigenvalue weighted by Crippen LogP contribution is -2.37. The van der Waals surface area contributed by atoms with Crippen molar-refractivity contribution in [1.82, 2.24) is 14.5 Å². The summed E-state index contributed by atoms with van der Waals surface area (Å²) >= 11 is 0. The molecule has 1 N–H and O–H groups in total. The monoisotopic (exact) mass is 341 g/mol. The number of hydrogen-bond donors (Lipinski definition) is 1. The standard InChI is InChI=1S/C16H27N3O3S/c1-14(15-8-6-5-7-9-15)19(23(4,21)22)12-10-16(20)17-11-13-18(2)3/h5-9,14H,10-13H2,1-4H3,(H,17,20). The normalized spacial score (nSPS) is 13.3. The van der Waals surface area contributed by atoms with Gasteiger partial charge in [-0.2, -0.15) is 4.31 Å². The lowest BCUT2D eigenvalue weighted by atomic mass is 10.1. The van der Waals surface area contributed by atoms with Crippen molar-refractivity contribution in [3.8, 4) is 0 Å². The Balaban J connectivity index is 2.65. The smallest absolute Gasteiger partial charge is 0.221 e. The highest BCUT2D eigenvalue weighted by atomic mass is 32.2. The van der Waals surface area contributed by atoms with E-state index < -0.39 is 10.0 Å². The fourth-order valence-electron chi connectivity index (χ4n) is 2.26. The van der Waals surface area contributed by atoms with Crippen molar-refractivity contribution in [2.75, 3.05) is 40.0 Å². The number of amides is 1. The molecule has 0 saturated carbocycles. The molecule has 130 valence electrons. The van der Waals surface area contributed by atoms with E-state index in [2.05, 4.69) is 5.32 Å². The average molecular weight is 341 g/mol. The molecule has 1 aromatic rings. The van der Waals surface area contributed by atoms with Gasteiger partial charge in [-0.1, -0.05) is 30.3 Å². The van der Waals surface area contributed by atoms with Crippen LogP contribution in [0.25, 0.3) is 0 Å². The maximum atomic E-state index is 12.0. The van der Waals surface area contributed by atoms with Crippen molar-refractivity contribution in [3.63, 3.8) is 0 Å². The number of carbonyl (C=O) groups is 1. The van der Waals surface area contributed by atoms with Crippen LogP contribution in [0, 0.1) is 0 Å². The SMILES string of the molecule is CC(c1ccccc1)N(CCC(=O)NCCN(C)C)S(C)(=O)=O. The Hall–Kier alpha value is -1.44. The van der Waals surface area contributed by atoms with Crippen LogP contribution in [0.1, 0.15) is 24.9 Å². The third-order valence-corrected chi connectivity index (χ3v) is 4.93. The van der Waals surface area contributed by atoms with Crippen LogP contribution >= 0.6 is 0 Å². The van der Waals surface area contributed by atoms with Crippen LogP contribution in [0.5, 0.6) is 0 Å². The van der Waals surface area contributed by atoms with Crippen LogP contribution in [0.2, 0.25) is 0 Å². The van der Waals surface area contributed by atoms with Crippen LogP contribution < -0.4 is 5.32 Å². The van der Waals surface area contributed by atoms with Gasteiger partial charge in [-0.15, -0.1) is 0 Å². The van der Waals surface area contributed by atoms with Gasteiger partial charge in [0.05, 0.1) is 6.26 Å². The molecule has 1 rings (SSSR count). The minimum atomic E-state index is -3.40. The third kappa shape index (κ3) is 7.11. The summed E-state index contributed by atoms with van der Waals surface area (Å²) in [6.45, 7) is 3.31. The molecule has 1 unspecified atom stereocenters. The molecule has 7 heteroatoms. The van der Waals surface area contributed by atoms with Crippen LogP contribution in [-0.2, 0) is 14.8 Å². The summed E-state index contributed by atoms with van der Waals surface area (Å²) in [6, 6.07) is 9.11. The van der Waals surface area contributed by atoms with Crippen molar-refractivity contribution in [2.45, 2.75) is 19.4 Å². The van der Waals surface area contributed by atoms with Crippen molar-refractivity contribution < 1.29 is 13.2 Å². The molecule has 1 aromatic carbocycles. The predicted molar refractivity (Wildman–Crippen MR) is 92.6 cm³/mol. The lowest BCUT2D eigenvalue weighted by Gasteiger charge is -2.27. The van der Waals surface area contributed by atoms with E-state index in [9.17, 15) is 13.2 Å². The summed E-state index contributed by atoms with van der Waals surface area (Å²) in [7, 11) is 0.462. The second-order valence-corrected chi connectivity index (χ2v) is 7.80. The lowest BCUT2D eigenvalue weighted by molar-refractivity contribution is -0.121. The number of rotatable bonds is 9. The Labute approximate surface area is 139 Å². The molecule has 0 aliphatic heterocycles. The second kappa shape index (κ2) is 9.00. The van der Waals surface area contributed by atoms with Gasteiger partial charge in [-0.3, -0.25) is 4.79 Å². The van der Waals surface area contributed by atoms with E-state index in [1.165, 1.54) is 10.6 Å². The zero-order chi connectivity index (χ0) is 17.5. The molecule has 0 fully saturated rings. The van der Waals surface area contributed by atoms with E-state index in [0.29, 0.717) is 6.54 Å². The number of hydrogen-bond acceptors (Lipinski definition) is 4. The molecule has 0 aliphatic carbocycles. The first-order chi connectivity index (χ1) is 10.7. The van der Waals surface area contributed by atoms with Crippen molar-refractivity contribution in [1.29, 1.82) is 0 Å². The minimum absolute atomic E-state index is 0.138. The number of benzene rings is 1. The van der Waals surface area contributed by atoms with E-state index in [4.69, 9.17) is 0 Å². The molecular weight excluding hydrogens is 314 g/mol. The van der Waals surface area contributed by atoms with E-state index in [1.807, 2.05) is 56.3 Å². The molecule has 1 atom stereocenters. The molecular formula is C16H27N3O3S. The first kappa shape index (κ1) is 19.6. The van der Waals surface area contributed by atoms with E-state index in [1.54, 1.807) is 0 Å². The molecule has 0 aromatic heterocycles. The molecule has 0 aliphatic rings. The van der Waals surface area contributed by atoms with Crippen LogP contribution in [0.15, 0.2) is 30.3 Å². The summed E-state index contributed by atoms with van der Waals surface area (Å²) < 4.78 is 25.5. The summed E-state index contributed by atoms with van der Waals surface area (Å²) in [5.41, 5.74) is 0.908. The molecule has 1 amide bonds. The zero-order valence-electron chi connectivity index (χ0n) is 14.3. The molecule has 0 bridgehead atoms. The Morgan fingerprint density at radius 2 is 1.78 bits per heavy atom. The molecule has 0 saturated heterocycles. The summed E-state index contributed by atoms with van der Waals surface area (Å²) in [5.74, 6) is -0.138. The van der Waals surface area contributed by atoms with Crippen LogP contribution in [0.4, 0.5) is 0 Å². The molecule has 0 heterocycles. The molecule has 0 spiro atoms. The topological polar surface area (TPSA) is 69.7 Å². The third-order valence-electron chi connectivity index (χ3n) is 3.58. The Morgan fingerprint density at radius 1 is 1.17 bits per heavy atom. The van der Waals surface area contributed by atoms with Gasteiger partial charge in [0, 0.05) is 32.1 Å². The van der Waals surface area contributed by atoms with E-state index in [0.717, 1.165) is 12.1 Å². The quantitative estimate of drug-likeness (QED) is 0.730.